The van der Waals surface area contributed by atoms with E-state index in [-0.39, 0.29) is 6.10 Å². The Morgan fingerprint density at radius 2 is 2.29 bits per heavy atom. The molecule has 2 unspecified atom stereocenters. The molecule has 3 heterocycles. The van der Waals surface area contributed by atoms with Crippen LogP contribution in [0.3, 0.4) is 0 Å². The molecule has 94 valence electrons. The molecule has 1 saturated heterocycles. The molecule has 2 aliphatic rings. The van der Waals surface area contributed by atoms with Crippen molar-refractivity contribution < 1.29 is 5.11 Å². The Bertz CT molecular complexity index is 403. The van der Waals surface area contributed by atoms with E-state index in [1.807, 2.05) is 4.68 Å². The molecule has 1 fully saturated rings. The molecule has 0 saturated carbocycles. The Balaban J connectivity index is 1.84. The lowest BCUT2D eigenvalue weighted by molar-refractivity contribution is 0.124. The summed E-state index contributed by atoms with van der Waals surface area (Å²) in [4.78, 5) is 7.11. The SMILES string of the molecule is CCN1CCCC1c1nc2n(n1)CC(O)CC2. The molecule has 1 N–H and O–H groups in total. The van der Waals surface area contributed by atoms with Crippen LogP contribution in [0.15, 0.2) is 0 Å². The lowest BCUT2D eigenvalue weighted by Gasteiger charge is -2.19. The van der Waals surface area contributed by atoms with E-state index < -0.39 is 0 Å². The van der Waals surface area contributed by atoms with E-state index in [9.17, 15) is 5.11 Å². The third-order valence-electron chi connectivity index (χ3n) is 3.92. The lowest BCUT2D eigenvalue weighted by Crippen LogP contribution is -2.25. The van der Waals surface area contributed by atoms with Gasteiger partial charge in [-0.15, -0.1) is 0 Å². The highest BCUT2D eigenvalue weighted by atomic mass is 16.3. The van der Waals surface area contributed by atoms with Gasteiger partial charge in [-0.1, -0.05) is 6.92 Å². The van der Waals surface area contributed by atoms with Crippen LogP contribution in [0.25, 0.3) is 0 Å². The Labute approximate surface area is 101 Å². The minimum atomic E-state index is -0.247. The van der Waals surface area contributed by atoms with Crippen LogP contribution >= 0.6 is 0 Å². The fourth-order valence-corrected chi connectivity index (χ4v) is 2.95. The topological polar surface area (TPSA) is 54.2 Å². The first-order valence-electron chi connectivity index (χ1n) is 6.63. The van der Waals surface area contributed by atoms with Crippen molar-refractivity contribution in [2.24, 2.45) is 0 Å². The molecule has 1 aromatic heterocycles. The quantitative estimate of drug-likeness (QED) is 0.823. The number of likely N-dealkylation sites (tertiary alicyclic amines) is 1. The zero-order valence-electron chi connectivity index (χ0n) is 10.3. The summed E-state index contributed by atoms with van der Waals surface area (Å²) in [5.74, 6) is 2.02. The van der Waals surface area contributed by atoms with Crippen LogP contribution in [0, 0.1) is 0 Å². The summed E-state index contributed by atoms with van der Waals surface area (Å²) in [6.07, 6.45) is 3.83. The predicted molar refractivity (Wildman–Crippen MR) is 63.6 cm³/mol. The van der Waals surface area contributed by atoms with Crippen molar-refractivity contribution in [3.8, 4) is 0 Å². The number of aliphatic hydroxyl groups excluding tert-OH is 1. The van der Waals surface area contributed by atoms with Crippen molar-refractivity contribution in [3.05, 3.63) is 11.6 Å². The second kappa shape index (κ2) is 4.38. The predicted octanol–water partition coefficient (Wildman–Crippen LogP) is 0.742. The molecule has 0 amide bonds. The minimum absolute atomic E-state index is 0.247. The molecule has 5 nitrogen and oxygen atoms in total. The molecule has 3 rings (SSSR count). The van der Waals surface area contributed by atoms with Gasteiger partial charge in [0.25, 0.3) is 0 Å². The molecule has 2 aliphatic heterocycles. The first-order chi connectivity index (χ1) is 8.28. The van der Waals surface area contributed by atoms with Gasteiger partial charge in [0.1, 0.15) is 5.82 Å². The summed E-state index contributed by atoms with van der Waals surface area (Å²) >= 11 is 0. The van der Waals surface area contributed by atoms with Gasteiger partial charge in [0.05, 0.1) is 18.7 Å². The van der Waals surface area contributed by atoms with Gasteiger partial charge in [0.2, 0.25) is 0 Å². The van der Waals surface area contributed by atoms with Crippen LogP contribution in [-0.2, 0) is 13.0 Å². The van der Waals surface area contributed by atoms with Crippen LogP contribution in [0.5, 0.6) is 0 Å². The molecule has 0 aliphatic carbocycles. The van der Waals surface area contributed by atoms with E-state index in [2.05, 4.69) is 21.9 Å². The molecule has 0 aromatic carbocycles. The third kappa shape index (κ3) is 1.98. The summed E-state index contributed by atoms with van der Waals surface area (Å²) in [5, 5.41) is 14.2. The molecule has 17 heavy (non-hydrogen) atoms. The second-order valence-electron chi connectivity index (χ2n) is 5.05. The highest BCUT2D eigenvalue weighted by Crippen LogP contribution is 2.30. The molecular formula is C12H20N4O. The van der Waals surface area contributed by atoms with Crippen LogP contribution in [0.1, 0.15) is 43.9 Å². The Morgan fingerprint density at radius 3 is 3.12 bits per heavy atom. The maximum absolute atomic E-state index is 9.63. The number of hydrogen-bond donors (Lipinski definition) is 1. The van der Waals surface area contributed by atoms with E-state index in [1.165, 1.54) is 12.8 Å². The van der Waals surface area contributed by atoms with Gasteiger partial charge in [-0.2, -0.15) is 5.10 Å². The van der Waals surface area contributed by atoms with Crippen LogP contribution in [-0.4, -0.2) is 44.0 Å². The van der Waals surface area contributed by atoms with Crippen molar-refractivity contribution in [1.29, 1.82) is 0 Å². The van der Waals surface area contributed by atoms with E-state index in [0.29, 0.717) is 12.6 Å². The average molecular weight is 236 g/mol. The summed E-state index contributed by atoms with van der Waals surface area (Å²) in [6.45, 7) is 5.03. The van der Waals surface area contributed by atoms with E-state index in [0.717, 1.165) is 37.6 Å². The van der Waals surface area contributed by atoms with Crippen molar-refractivity contribution in [2.75, 3.05) is 13.1 Å². The number of hydrogen-bond acceptors (Lipinski definition) is 4. The van der Waals surface area contributed by atoms with Gasteiger partial charge >= 0.3 is 0 Å². The van der Waals surface area contributed by atoms with Crippen LogP contribution < -0.4 is 0 Å². The highest BCUT2D eigenvalue weighted by Gasteiger charge is 2.30. The molecule has 1 aromatic rings. The molecule has 2 atom stereocenters. The normalized spacial score (nSPS) is 29.5. The van der Waals surface area contributed by atoms with Gasteiger partial charge in [-0.3, -0.25) is 4.90 Å². The van der Waals surface area contributed by atoms with Crippen molar-refractivity contribution in [2.45, 2.75) is 51.3 Å². The number of aliphatic hydroxyl groups is 1. The Kier molecular flexibility index (Phi) is 2.88. The fraction of sp³-hybridized carbons (Fsp3) is 0.833. The van der Waals surface area contributed by atoms with E-state index in [1.54, 1.807) is 0 Å². The summed E-state index contributed by atoms with van der Waals surface area (Å²) < 4.78 is 1.90. The molecular weight excluding hydrogens is 216 g/mol. The highest BCUT2D eigenvalue weighted by molar-refractivity contribution is 5.03. The third-order valence-corrected chi connectivity index (χ3v) is 3.92. The van der Waals surface area contributed by atoms with Crippen molar-refractivity contribution >= 4 is 0 Å². The molecule has 0 radical (unpaired) electrons. The van der Waals surface area contributed by atoms with Crippen LogP contribution in [0.4, 0.5) is 0 Å². The summed E-state index contributed by atoms with van der Waals surface area (Å²) in [6, 6.07) is 0.398. The van der Waals surface area contributed by atoms with E-state index >= 15 is 0 Å². The first kappa shape index (κ1) is 11.2. The second-order valence-corrected chi connectivity index (χ2v) is 5.05. The summed E-state index contributed by atoms with van der Waals surface area (Å²) in [5.41, 5.74) is 0. The standard InChI is InChI=1S/C12H20N4O/c1-2-15-7-3-4-10(15)12-13-11-6-5-9(17)8-16(11)14-12/h9-10,17H,2-8H2,1H3. The maximum atomic E-state index is 9.63. The van der Waals surface area contributed by atoms with Gasteiger partial charge in [-0.05, 0) is 32.4 Å². The Hall–Kier alpha value is -0.940. The number of aryl methyl sites for hydroxylation is 1. The van der Waals surface area contributed by atoms with Gasteiger partial charge in [0, 0.05) is 6.42 Å². The molecule has 0 spiro atoms. The number of fused-ring (bicyclic) bond motifs is 1. The monoisotopic (exact) mass is 236 g/mol. The number of nitrogens with zero attached hydrogens (tertiary/aromatic N) is 4. The molecule has 0 bridgehead atoms. The van der Waals surface area contributed by atoms with Crippen molar-refractivity contribution in [1.82, 2.24) is 19.7 Å². The average Bonchev–Trinajstić information content (AvgIpc) is 2.93. The molecule has 5 heteroatoms. The van der Waals surface area contributed by atoms with Crippen LogP contribution in [0.2, 0.25) is 0 Å². The summed E-state index contributed by atoms with van der Waals surface area (Å²) in [7, 11) is 0. The largest absolute Gasteiger partial charge is 0.391 e. The lowest BCUT2D eigenvalue weighted by atomic mass is 10.1. The zero-order valence-corrected chi connectivity index (χ0v) is 10.3. The smallest absolute Gasteiger partial charge is 0.168 e. The number of rotatable bonds is 2. The van der Waals surface area contributed by atoms with Crippen molar-refractivity contribution in [3.63, 3.8) is 0 Å². The van der Waals surface area contributed by atoms with E-state index in [4.69, 9.17) is 0 Å². The minimum Gasteiger partial charge on any atom is -0.391 e. The first-order valence-corrected chi connectivity index (χ1v) is 6.63. The Morgan fingerprint density at radius 1 is 1.41 bits per heavy atom. The zero-order chi connectivity index (χ0) is 11.8. The van der Waals surface area contributed by atoms with Gasteiger partial charge in [-0.25, -0.2) is 9.67 Å². The maximum Gasteiger partial charge on any atom is 0.168 e. The fourth-order valence-electron chi connectivity index (χ4n) is 2.95. The van der Waals surface area contributed by atoms with Gasteiger partial charge in [0.15, 0.2) is 5.82 Å². The van der Waals surface area contributed by atoms with Gasteiger partial charge < -0.3 is 5.11 Å². The number of aromatic nitrogens is 3.